The molecule has 0 aliphatic carbocycles. The molecule has 0 amide bonds. The molecule has 1 rings (SSSR count). The second-order valence-electron chi connectivity index (χ2n) is 5.59. The van der Waals surface area contributed by atoms with Crippen molar-refractivity contribution in [1.29, 1.82) is 0 Å². The first kappa shape index (κ1) is 14.0. The van der Waals surface area contributed by atoms with Crippen LogP contribution in [0, 0.1) is 11.3 Å². The number of nitrogens with one attached hydrogen (secondary N) is 1. The molecular formula is C14H22N2S. The predicted octanol–water partition coefficient (Wildman–Crippen LogP) is 3.41. The molecule has 0 aliphatic rings. The number of hydrogen-bond acceptors (Lipinski definition) is 2. The van der Waals surface area contributed by atoms with Crippen LogP contribution in [0.25, 0.3) is 0 Å². The maximum absolute atomic E-state index is 5.55. The molecule has 1 aromatic rings. The van der Waals surface area contributed by atoms with Crippen molar-refractivity contribution in [2.75, 3.05) is 11.9 Å². The molecule has 0 aromatic heterocycles. The van der Waals surface area contributed by atoms with Crippen molar-refractivity contribution in [2.45, 2.75) is 27.7 Å². The van der Waals surface area contributed by atoms with Crippen LogP contribution in [0.15, 0.2) is 24.3 Å². The highest BCUT2D eigenvalue weighted by atomic mass is 32.1. The van der Waals surface area contributed by atoms with Gasteiger partial charge in [0.1, 0.15) is 4.99 Å². The van der Waals surface area contributed by atoms with E-state index < -0.39 is 0 Å². The number of anilines is 1. The molecule has 3 heteroatoms. The first-order valence-electron chi connectivity index (χ1n) is 5.94. The van der Waals surface area contributed by atoms with Gasteiger partial charge in [0.2, 0.25) is 0 Å². The van der Waals surface area contributed by atoms with E-state index in [-0.39, 0.29) is 0 Å². The molecule has 0 saturated carbocycles. The second-order valence-corrected chi connectivity index (χ2v) is 6.03. The van der Waals surface area contributed by atoms with E-state index in [9.17, 15) is 0 Å². The minimum absolute atomic E-state index is 0.325. The molecule has 94 valence electrons. The van der Waals surface area contributed by atoms with Crippen LogP contribution in [-0.4, -0.2) is 11.5 Å². The maximum Gasteiger partial charge on any atom is 0.103 e. The Morgan fingerprint density at radius 2 is 1.82 bits per heavy atom. The van der Waals surface area contributed by atoms with Crippen molar-refractivity contribution in [2.24, 2.45) is 17.1 Å². The smallest absolute Gasteiger partial charge is 0.103 e. The molecule has 17 heavy (non-hydrogen) atoms. The maximum atomic E-state index is 5.55. The van der Waals surface area contributed by atoms with E-state index in [1.165, 1.54) is 0 Å². The summed E-state index contributed by atoms with van der Waals surface area (Å²) in [4.78, 5) is 0.444. The largest absolute Gasteiger partial charge is 0.389 e. The molecule has 0 aliphatic heterocycles. The van der Waals surface area contributed by atoms with Gasteiger partial charge in [-0.3, -0.25) is 0 Å². The summed E-state index contributed by atoms with van der Waals surface area (Å²) in [5.41, 5.74) is 7.90. The van der Waals surface area contributed by atoms with E-state index in [2.05, 4.69) is 33.0 Å². The van der Waals surface area contributed by atoms with Crippen molar-refractivity contribution >= 4 is 22.9 Å². The molecule has 2 nitrogen and oxygen atoms in total. The Kier molecular flexibility index (Phi) is 4.52. The fraction of sp³-hybridized carbons (Fsp3) is 0.500. The summed E-state index contributed by atoms with van der Waals surface area (Å²) in [6.07, 6.45) is 0. The molecule has 3 N–H and O–H groups in total. The summed E-state index contributed by atoms with van der Waals surface area (Å²) in [6.45, 7) is 10.0. The third-order valence-corrected chi connectivity index (χ3v) is 3.50. The van der Waals surface area contributed by atoms with Crippen LogP contribution in [0.3, 0.4) is 0 Å². The summed E-state index contributed by atoms with van der Waals surface area (Å²) in [6, 6.07) is 7.94. The Hall–Kier alpha value is -1.09. The van der Waals surface area contributed by atoms with Gasteiger partial charge in [-0.25, -0.2) is 0 Å². The molecule has 0 bridgehead atoms. The highest BCUT2D eigenvalue weighted by Crippen LogP contribution is 2.25. The van der Waals surface area contributed by atoms with Gasteiger partial charge in [0.15, 0.2) is 0 Å². The van der Waals surface area contributed by atoms with Crippen LogP contribution in [0.4, 0.5) is 5.69 Å². The molecule has 0 radical (unpaired) electrons. The van der Waals surface area contributed by atoms with Gasteiger partial charge >= 0.3 is 0 Å². The minimum atomic E-state index is 0.325. The molecular weight excluding hydrogens is 228 g/mol. The Bertz CT molecular complexity index is 376. The SMILES string of the molecule is CC(CNc1ccc(C(N)=S)cc1)C(C)(C)C. The quantitative estimate of drug-likeness (QED) is 0.804. The van der Waals surface area contributed by atoms with E-state index >= 15 is 0 Å². The molecule has 0 saturated heterocycles. The Morgan fingerprint density at radius 1 is 1.29 bits per heavy atom. The lowest BCUT2D eigenvalue weighted by atomic mass is 9.82. The first-order chi connectivity index (χ1) is 7.80. The molecule has 0 fully saturated rings. The third-order valence-electron chi connectivity index (χ3n) is 3.26. The lowest BCUT2D eigenvalue weighted by Gasteiger charge is -2.27. The van der Waals surface area contributed by atoms with Crippen LogP contribution in [0.2, 0.25) is 0 Å². The summed E-state index contributed by atoms with van der Waals surface area (Å²) >= 11 is 4.92. The van der Waals surface area contributed by atoms with E-state index in [1.807, 2.05) is 24.3 Å². The first-order valence-corrected chi connectivity index (χ1v) is 6.35. The molecule has 1 aromatic carbocycles. The summed E-state index contributed by atoms with van der Waals surface area (Å²) in [5.74, 6) is 0.609. The van der Waals surface area contributed by atoms with Crippen LogP contribution in [-0.2, 0) is 0 Å². The molecule has 1 atom stereocenters. The standard InChI is InChI=1S/C14H22N2S/c1-10(14(2,3)4)9-16-12-7-5-11(6-8-12)13(15)17/h5-8,10,16H,9H2,1-4H3,(H2,15,17). The van der Waals surface area contributed by atoms with Crippen LogP contribution in [0.5, 0.6) is 0 Å². The van der Waals surface area contributed by atoms with Crippen LogP contribution < -0.4 is 11.1 Å². The Morgan fingerprint density at radius 3 is 2.24 bits per heavy atom. The number of hydrogen-bond donors (Lipinski definition) is 2. The number of thiocarbonyl (C=S) groups is 1. The van der Waals surface area contributed by atoms with E-state index in [0.717, 1.165) is 17.8 Å². The summed E-state index contributed by atoms with van der Waals surface area (Å²) < 4.78 is 0. The average Bonchev–Trinajstić information content (AvgIpc) is 2.25. The van der Waals surface area contributed by atoms with Crippen molar-refractivity contribution in [3.05, 3.63) is 29.8 Å². The lowest BCUT2D eigenvalue weighted by Crippen LogP contribution is -2.24. The van der Waals surface area contributed by atoms with Crippen LogP contribution in [0.1, 0.15) is 33.3 Å². The van der Waals surface area contributed by atoms with E-state index in [4.69, 9.17) is 18.0 Å². The van der Waals surface area contributed by atoms with Crippen LogP contribution >= 0.6 is 12.2 Å². The molecule has 1 unspecified atom stereocenters. The zero-order valence-corrected chi connectivity index (χ0v) is 11.9. The number of rotatable bonds is 4. The highest BCUT2D eigenvalue weighted by molar-refractivity contribution is 7.80. The van der Waals surface area contributed by atoms with Gasteiger partial charge in [-0.05, 0) is 35.6 Å². The Labute approximate surface area is 110 Å². The van der Waals surface area contributed by atoms with Crippen molar-refractivity contribution < 1.29 is 0 Å². The minimum Gasteiger partial charge on any atom is -0.389 e. The van der Waals surface area contributed by atoms with Gasteiger partial charge < -0.3 is 11.1 Å². The van der Waals surface area contributed by atoms with Gasteiger partial charge in [-0.15, -0.1) is 0 Å². The number of nitrogens with two attached hydrogens (primary N) is 1. The normalized spacial score (nSPS) is 13.2. The Balaban J connectivity index is 2.56. The van der Waals surface area contributed by atoms with Gasteiger partial charge in [0.25, 0.3) is 0 Å². The van der Waals surface area contributed by atoms with Crippen molar-refractivity contribution in [1.82, 2.24) is 0 Å². The van der Waals surface area contributed by atoms with Crippen molar-refractivity contribution in [3.8, 4) is 0 Å². The fourth-order valence-electron chi connectivity index (χ4n) is 1.33. The summed E-state index contributed by atoms with van der Waals surface area (Å²) in [5, 5.41) is 3.43. The lowest BCUT2D eigenvalue weighted by molar-refractivity contribution is 0.274. The third kappa shape index (κ3) is 4.35. The molecule has 0 spiro atoms. The van der Waals surface area contributed by atoms with Gasteiger partial charge in [-0.2, -0.15) is 0 Å². The highest BCUT2D eigenvalue weighted by Gasteiger charge is 2.19. The van der Waals surface area contributed by atoms with Gasteiger partial charge in [-0.1, -0.05) is 39.9 Å². The van der Waals surface area contributed by atoms with Crippen molar-refractivity contribution in [3.63, 3.8) is 0 Å². The average molecular weight is 250 g/mol. The zero-order chi connectivity index (χ0) is 13.1. The monoisotopic (exact) mass is 250 g/mol. The van der Waals surface area contributed by atoms with E-state index in [0.29, 0.717) is 16.3 Å². The number of benzene rings is 1. The van der Waals surface area contributed by atoms with Gasteiger partial charge in [0.05, 0.1) is 0 Å². The zero-order valence-electron chi connectivity index (χ0n) is 11.1. The molecule has 0 heterocycles. The van der Waals surface area contributed by atoms with E-state index in [1.54, 1.807) is 0 Å². The topological polar surface area (TPSA) is 38.0 Å². The van der Waals surface area contributed by atoms with Gasteiger partial charge in [0, 0.05) is 17.8 Å². The predicted molar refractivity (Wildman–Crippen MR) is 79.4 cm³/mol. The second kappa shape index (κ2) is 5.50. The summed E-state index contributed by atoms with van der Waals surface area (Å²) in [7, 11) is 0. The fourth-order valence-corrected chi connectivity index (χ4v) is 1.47.